The van der Waals surface area contributed by atoms with Gasteiger partial charge in [-0.3, -0.25) is 9.59 Å². The average Bonchev–Trinajstić information content (AvgIpc) is 3.28. The molecule has 0 aliphatic heterocycles. The van der Waals surface area contributed by atoms with Crippen molar-refractivity contribution in [3.05, 3.63) is 29.8 Å². The highest BCUT2D eigenvalue weighted by molar-refractivity contribution is 5.79. The summed E-state index contributed by atoms with van der Waals surface area (Å²) >= 11 is 0. The van der Waals surface area contributed by atoms with Crippen LogP contribution in [-0.2, 0) is 9.59 Å². The van der Waals surface area contributed by atoms with Gasteiger partial charge in [0.25, 0.3) is 5.91 Å². The molecule has 21 heavy (non-hydrogen) atoms. The fourth-order valence-electron chi connectivity index (χ4n) is 2.08. The van der Waals surface area contributed by atoms with E-state index in [1.165, 1.54) is 0 Å². The van der Waals surface area contributed by atoms with Crippen molar-refractivity contribution >= 4 is 11.9 Å². The molecule has 0 radical (unpaired) electrons. The zero-order valence-electron chi connectivity index (χ0n) is 12.4. The van der Waals surface area contributed by atoms with Gasteiger partial charge in [0.05, 0.1) is 5.92 Å². The number of carbonyl (C=O) groups excluding carboxylic acids is 1. The third-order valence-electron chi connectivity index (χ3n) is 3.58. The molecule has 0 spiro atoms. The van der Waals surface area contributed by atoms with Gasteiger partial charge in [-0.1, -0.05) is 24.6 Å². The van der Waals surface area contributed by atoms with Crippen LogP contribution in [0, 0.1) is 12.8 Å². The van der Waals surface area contributed by atoms with E-state index in [1.807, 2.05) is 31.2 Å². The molecule has 1 N–H and O–H groups in total. The number of aryl methyl sites for hydroxylation is 1. The van der Waals surface area contributed by atoms with Gasteiger partial charge in [-0.15, -0.1) is 0 Å². The molecule has 114 valence electrons. The first-order valence-corrected chi connectivity index (χ1v) is 7.19. The molecule has 1 fully saturated rings. The second-order valence-corrected chi connectivity index (χ2v) is 5.62. The highest BCUT2D eigenvalue weighted by Crippen LogP contribution is 2.28. The van der Waals surface area contributed by atoms with Crippen molar-refractivity contribution in [3.63, 3.8) is 0 Å². The topological polar surface area (TPSA) is 66.8 Å². The number of ether oxygens (including phenoxy) is 1. The number of carboxylic acids is 1. The molecule has 1 unspecified atom stereocenters. The molecule has 0 heterocycles. The Morgan fingerprint density at radius 1 is 1.33 bits per heavy atom. The van der Waals surface area contributed by atoms with Crippen LogP contribution in [0.15, 0.2) is 24.3 Å². The van der Waals surface area contributed by atoms with E-state index < -0.39 is 11.9 Å². The first kappa shape index (κ1) is 15.4. The van der Waals surface area contributed by atoms with Crippen LogP contribution < -0.4 is 4.74 Å². The Labute approximate surface area is 124 Å². The van der Waals surface area contributed by atoms with Crippen molar-refractivity contribution in [2.24, 2.45) is 5.92 Å². The first-order valence-electron chi connectivity index (χ1n) is 7.19. The van der Waals surface area contributed by atoms with Crippen molar-refractivity contribution in [1.29, 1.82) is 0 Å². The number of carbonyl (C=O) groups is 2. The predicted molar refractivity (Wildman–Crippen MR) is 78.2 cm³/mol. The fourth-order valence-corrected chi connectivity index (χ4v) is 2.08. The molecule has 2 rings (SSSR count). The second kappa shape index (κ2) is 6.61. The molecule has 0 aromatic heterocycles. The minimum atomic E-state index is -0.882. The Balaban J connectivity index is 1.89. The summed E-state index contributed by atoms with van der Waals surface area (Å²) in [6, 6.07) is 7.67. The van der Waals surface area contributed by atoms with E-state index in [2.05, 4.69) is 0 Å². The van der Waals surface area contributed by atoms with Gasteiger partial charge in [-0.25, -0.2) is 0 Å². The molecule has 1 atom stereocenters. The molecule has 1 aromatic rings. The number of hydrogen-bond donors (Lipinski definition) is 1. The summed E-state index contributed by atoms with van der Waals surface area (Å²) in [5.74, 6) is -0.941. The lowest BCUT2D eigenvalue weighted by Crippen LogP contribution is -2.41. The van der Waals surface area contributed by atoms with Gasteiger partial charge >= 0.3 is 5.97 Å². The van der Waals surface area contributed by atoms with Crippen LogP contribution in [0.5, 0.6) is 5.75 Å². The summed E-state index contributed by atoms with van der Waals surface area (Å²) < 4.78 is 5.49. The molecular formula is C16H21NO4. The number of hydrogen-bond acceptors (Lipinski definition) is 3. The first-order chi connectivity index (χ1) is 9.97. The van der Waals surface area contributed by atoms with E-state index in [-0.39, 0.29) is 25.1 Å². The summed E-state index contributed by atoms with van der Waals surface area (Å²) in [6.07, 6.45) is 1.89. The minimum Gasteiger partial charge on any atom is -0.484 e. The van der Waals surface area contributed by atoms with Gasteiger partial charge < -0.3 is 14.7 Å². The van der Waals surface area contributed by atoms with Crippen molar-refractivity contribution in [3.8, 4) is 5.75 Å². The Bertz CT molecular complexity index is 508. The number of nitrogens with zero attached hydrogens (tertiary/aromatic N) is 1. The van der Waals surface area contributed by atoms with E-state index in [0.717, 1.165) is 18.4 Å². The van der Waals surface area contributed by atoms with Crippen LogP contribution in [0.1, 0.15) is 25.3 Å². The lowest BCUT2D eigenvalue weighted by molar-refractivity contribution is -0.143. The Morgan fingerprint density at radius 2 is 1.95 bits per heavy atom. The maximum atomic E-state index is 12.2. The van der Waals surface area contributed by atoms with Gasteiger partial charge in [0.15, 0.2) is 6.61 Å². The maximum Gasteiger partial charge on any atom is 0.308 e. The van der Waals surface area contributed by atoms with E-state index in [4.69, 9.17) is 9.84 Å². The summed E-state index contributed by atoms with van der Waals surface area (Å²) in [5, 5.41) is 8.98. The molecule has 1 aromatic carbocycles. The predicted octanol–water partition coefficient (Wildman–Crippen LogP) is 2.09. The van der Waals surface area contributed by atoms with Crippen LogP contribution in [0.4, 0.5) is 0 Å². The molecule has 0 bridgehead atoms. The zero-order chi connectivity index (χ0) is 15.4. The van der Waals surface area contributed by atoms with Crippen molar-refractivity contribution in [2.75, 3.05) is 13.2 Å². The van der Waals surface area contributed by atoms with E-state index >= 15 is 0 Å². The molecule has 5 heteroatoms. The van der Waals surface area contributed by atoms with Gasteiger partial charge in [0.1, 0.15) is 5.75 Å². The van der Waals surface area contributed by atoms with Crippen LogP contribution in [0.3, 0.4) is 0 Å². The van der Waals surface area contributed by atoms with Crippen molar-refractivity contribution in [1.82, 2.24) is 4.90 Å². The second-order valence-electron chi connectivity index (χ2n) is 5.62. The average molecular weight is 291 g/mol. The maximum absolute atomic E-state index is 12.2. The molecule has 5 nitrogen and oxygen atoms in total. The van der Waals surface area contributed by atoms with Crippen LogP contribution >= 0.6 is 0 Å². The third-order valence-corrected chi connectivity index (χ3v) is 3.58. The monoisotopic (exact) mass is 291 g/mol. The largest absolute Gasteiger partial charge is 0.484 e. The summed E-state index contributed by atoms with van der Waals surface area (Å²) in [7, 11) is 0. The van der Waals surface area contributed by atoms with Crippen LogP contribution in [0.2, 0.25) is 0 Å². The molecule has 0 saturated heterocycles. The lowest BCUT2D eigenvalue weighted by Gasteiger charge is -2.24. The van der Waals surface area contributed by atoms with Gasteiger partial charge in [0, 0.05) is 12.6 Å². The van der Waals surface area contributed by atoms with Crippen LogP contribution in [-0.4, -0.2) is 41.1 Å². The third kappa shape index (κ3) is 4.48. The van der Waals surface area contributed by atoms with E-state index in [0.29, 0.717) is 5.75 Å². The number of amides is 1. The number of benzene rings is 1. The molecule has 1 saturated carbocycles. The molecule has 1 aliphatic rings. The normalized spacial score (nSPS) is 15.3. The molecule has 1 amide bonds. The highest BCUT2D eigenvalue weighted by Gasteiger charge is 2.34. The zero-order valence-corrected chi connectivity index (χ0v) is 12.4. The highest BCUT2D eigenvalue weighted by atomic mass is 16.5. The molecule has 1 aliphatic carbocycles. The molecular weight excluding hydrogens is 270 g/mol. The number of aliphatic carboxylic acids is 1. The van der Waals surface area contributed by atoms with Crippen molar-refractivity contribution < 1.29 is 19.4 Å². The summed E-state index contributed by atoms with van der Waals surface area (Å²) in [6.45, 7) is 3.80. The smallest absolute Gasteiger partial charge is 0.308 e. The number of rotatable bonds is 7. The van der Waals surface area contributed by atoms with Gasteiger partial charge in [-0.2, -0.15) is 0 Å². The standard InChI is InChI=1S/C16H21NO4/c1-11-3-7-14(8-4-11)21-10-15(18)17(13-5-6-13)9-12(2)16(19)20/h3-4,7-8,12-13H,5-6,9-10H2,1-2H3,(H,19,20). The van der Waals surface area contributed by atoms with Crippen LogP contribution in [0.25, 0.3) is 0 Å². The van der Waals surface area contributed by atoms with Gasteiger partial charge in [-0.05, 0) is 31.9 Å². The van der Waals surface area contributed by atoms with Crippen molar-refractivity contribution in [2.45, 2.75) is 32.7 Å². The summed E-state index contributed by atoms with van der Waals surface area (Å²) in [4.78, 5) is 24.8. The Hall–Kier alpha value is -2.04. The lowest BCUT2D eigenvalue weighted by atomic mass is 10.1. The Morgan fingerprint density at radius 3 is 2.48 bits per heavy atom. The summed E-state index contributed by atoms with van der Waals surface area (Å²) in [5.41, 5.74) is 1.13. The van der Waals surface area contributed by atoms with Gasteiger partial charge in [0.2, 0.25) is 0 Å². The minimum absolute atomic E-state index is 0.0497. The fraction of sp³-hybridized carbons (Fsp3) is 0.500. The number of carboxylic acid groups (broad SMARTS) is 1. The van der Waals surface area contributed by atoms with E-state index in [1.54, 1.807) is 11.8 Å². The Kier molecular flexibility index (Phi) is 4.83. The SMILES string of the molecule is Cc1ccc(OCC(=O)N(CC(C)C(=O)O)C2CC2)cc1. The van der Waals surface area contributed by atoms with E-state index in [9.17, 15) is 9.59 Å². The quantitative estimate of drug-likeness (QED) is 0.835.